The van der Waals surface area contributed by atoms with Crippen molar-refractivity contribution >= 4 is 29.0 Å². The molecule has 1 aromatic rings. The van der Waals surface area contributed by atoms with Gasteiger partial charge >= 0.3 is 34.7 Å². The summed E-state index contributed by atoms with van der Waals surface area (Å²) in [7, 11) is -15.6. The molecule has 2 unspecified atom stereocenters. The number of aromatic amines is 1. The predicted molar refractivity (Wildman–Crippen MR) is 108 cm³/mol. The van der Waals surface area contributed by atoms with Crippen LogP contribution in [0, 0.1) is 5.92 Å². The van der Waals surface area contributed by atoms with Crippen LogP contribution in [0.5, 0.6) is 0 Å². The molecule has 1 aromatic heterocycles. The van der Waals surface area contributed by atoms with Crippen LogP contribution in [0.15, 0.2) is 21.9 Å². The first kappa shape index (κ1) is 27.8. The van der Waals surface area contributed by atoms with Crippen molar-refractivity contribution in [1.29, 1.82) is 0 Å². The standard InChI is InChI=1S/C14H23N2O14P3/c1-3-9-10(6-27-33(25,26)30-32(23,24)7-31(20,21)22)29-13(12(9)28-8(2)17)16-5-4-11(18)15-14(16)19/h4-5,9-10,12-13H,3,6-7H2,1-2H3,(H,23,24)(H,25,26)(H,15,18,19)(H2,20,21,22)/t9-,10-,12-,13-/m1/s1. The van der Waals surface area contributed by atoms with Gasteiger partial charge in [0.15, 0.2) is 18.2 Å². The van der Waals surface area contributed by atoms with Crippen LogP contribution in [0.1, 0.15) is 26.5 Å². The molecule has 0 spiro atoms. The molecule has 2 rings (SSSR count). The molecular weight excluding hydrogens is 513 g/mol. The molecule has 0 aliphatic carbocycles. The molecule has 1 aliphatic rings. The van der Waals surface area contributed by atoms with Crippen molar-refractivity contribution < 1.29 is 56.4 Å². The summed E-state index contributed by atoms with van der Waals surface area (Å²) in [5.41, 5.74) is -1.57. The Labute approximate surface area is 185 Å². The van der Waals surface area contributed by atoms with Gasteiger partial charge in [-0.1, -0.05) is 6.92 Å². The molecule has 6 atom stereocenters. The lowest BCUT2D eigenvalue weighted by molar-refractivity contribution is -0.154. The lowest BCUT2D eigenvalue weighted by Gasteiger charge is -2.23. The molecule has 19 heteroatoms. The van der Waals surface area contributed by atoms with E-state index in [1.54, 1.807) is 6.92 Å². The van der Waals surface area contributed by atoms with Gasteiger partial charge in [-0.05, 0) is 6.42 Å². The van der Waals surface area contributed by atoms with Gasteiger partial charge in [0.2, 0.25) is 0 Å². The molecule has 16 nitrogen and oxygen atoms in total. The van der Waals surface area contributed by atoms with Crippen LogP contribution in [0.2, 0.25) is 0 Å². The molecule has 188 valence electrons. The average molecular weight is 536 g/mol. The number of phosphoric ester groups is 1. The number of phosphoric acid groups is 1. The first-order valence-electron chi connectivity index (χ1n) is 9.23. The summed E-state index contributed by atoms with van der Waals surface area (Å²) in [4.78, 5) is 73.8. The van der Waals surface area contributed by atoms with Crippen molar-refractivity contribution in [2.24, 2.45) is 5.92 Å². The van der Waals surface area contributed by atoms with Gasteiger partial charge < -0.3 is 29.0 Å². The highest BCUT2D eigenvalue weighted by Gasteiger charge is 2.48. The highest BCUT2D eigenvalue weighted by atomic mass is 31.3. The van der Waals surface area contributed by atoms with E-state index in [9.17, 15) is 37.9 Å². The number of nitrogens with one attached hydrogen (secondary N) is 1. The van der Waals surface area contributed by atoms with Gasteiger partial charge in [0.25, 0.3) is 5.56 Å². The van der Waals surface area contributed by atoms with Crippen LogP contribution in [0.25, 0.3) is 0 Å². The van der Waals surface area contributed by atoms with Gasteiger partial charge in [-0.2, -0.15) is 0 Å². The molecule has 0 aromatic carbocycles. The zero-order chi connectivity index (χ0) is 25.2. The topological polar surface area (TPSA) is 241 Å². The summed E-state index contributed by atoms with van der Waals surface area (Å²) in [6.07, 6.45) is -2.08. The molecule has 1 aliphatic heterocycles. The van der Waals surface area contributed by atoms with Crippen LogP contribution >= 0.6 is 23.0 Å². The van der Waals surface area contributed by atoms with Crippen LogP contribution < -0.4 is 11.2 Å². The van der Waals surface area contributed by atoms with Gasteiger partial charge in [0.05, 0.1) is 12.7 Å². The van der Waals surface area contributed by atoms with E-state index in [4.69, 9.17) is 19.3 Å². The third-order valence-electron chi connectivity index (χ3n) is 4.39. The second-order valence-corrected chi connectivity index (χ2v) is 12.6. The summed E-state index contributed by atoms with van der Waals surface area (Å²) in [5, 5.41) is 0. The molecule has 5 N–H and O–H groups in total. The van der Waals surface area contributed by atoms with Crippen molar-refractivity contribution in [2.75, 3.05) is 12.5 Å². The van der Waals surface area contributed by atoms with Gasteiger partial charge in [-0.25, -0.2) is 13.7 Å². The van der Waals surface area contributed by atoms with Crippen LogP contribution in [-0.4, -0.2) is 59.8 Å². The fourth-order valence-electron chi connectivity index (χ4n) is 3.24. The minimum absolute atomic E-state index is 0.258. The van der Waals surface area contributed by atoms with E-state index in [1.165, 1.54) is 0 Å². The van der Waals surface area contributed by atoms with Crippen LogP contribution in [0.3, 0.4) is 0 Å². The molecule has 0 saturated carbocycles. The molecular formula is C14H23N2O14P3. The Morgan fingerprint density at radius 2 is 1.85 bits per heavy atom. The summed E-state index contributed by atoms with van der Waals surface area (Å²) < 4.78 is 55.3. The molecule has 0 amide bonds. The van der Waals surface area contributed by atoms with Crippen molar-refractivity contribution in [3.63, 3.8) is 0 Å². The van der Waals surface area contributed by atoms with Crippen molar-refractivity contribution in [3.05, 3.63) is 33.1 Å². The maximum atomic E-state index is 12.2. The predicted octanol–water partition coefficient (Wildman–Crippen LogP) is -0.154. The average Bonchev–Trinajstić information content (AvgIpc) is 2.93. The minimum atomic E-state index is -5.30. The number of H-pyrrole nitrogens is 1. The second kappa shape index (κ2) is 10.4. The lowest BCUT2D eigenvalue weighted by Crippen LogP contribution is -2.38. The van der Waals surface area contributed by atoms with Gasteiger partial charge in [-0.3, -0.25) is 32.8 Å². The normalized spacial score (nSPS) is 27.0. The van der Waals surface area contributed by atoms with E-state index in [-0.39, 0.29) is 6.42 Å². The summed E-state index contributed by atoms with van der Waals surface area (Å²) in [6, 6.07) is 1.02. The Morgan fingerprint density at radius 1 is 1.21 bits per heavy atom. The molecule has 0 radical (unpaired) electrons. The molecule has 0 bridgehead atoms. The molecule has 33 heavy (non-hydrogen) atoms. The first-order chi connectivity index (χ1) is 15.0. The Bertz CT molecular complexity index is 1120. The Kier molecular flexibility index (Phi) is 8.80. The number of carbonyl (C=O) groups is 1. The summed E-state index contributed by atoms with van der Waals surface area (Å²) in [6.45, 7) is 2.01. The Morgan fingerprint density at radius 3 is 2.36 bits per heavy atom. The van der Waals surface area contributed by atoms with E-state index in [0.29, 0.717) is 0 Å². The van der Waals surface area contributed by atoms with E-state index < -0.39 is 77.1 Å². The van der Waals surface area contributed by atoms with E-state index >= 15 is 0 Å². The van der Waals surface area contributed by atoms with Gasteiger partial charge in [-0.15, -0.1) is 0 Å². The number of hydrogen-bond donors (Lipinski definition) is 5. The lowest BCUT2D eigenvalue weighted by atomic mass is 9.95. The Balaban J connectivity index is 2.23. The summed E-state index contributed by atoms with van der Waals surface area (Å²) >= 11 is 0. The van der Waals surface area contributed by atoms with Crippen molar-refractivity contribution in [1.82, 2.24) is 9.55 Å². The number of carbonyl (C=O) groups excluding carboxylic acids is 1. The zero-order valence-electron chi connectivity index (χ0n) is 17.2. The highest BCUT2D eigenvalue weighted by Crippen LogP contribution is 2.65. The van der Waals surface area contributed by atoms with Crippen LogP contribution in [0.4, 0.5) is 0 Å². The fourth-order valence-corrected chi connectivity index (χ4v) is 7.59. The molecule has 1 saturated heterocycles. The Hall–Kier alpha value is -1.44. The van der Waals surface area contributed by atoms with Gasteiger partial charge in [0, 0.05) is 25.1 Å². The third kappa shape index (κ3) is 8.08. The monoisotopic (exact) mass is 536 g/mol. The van der Waals surface area contributed by atoms with Crippen molar-refractivity contribution in [2.45, 2.75) is 38.7 Å². The zero-order valence-corrected chi connectivity index (χ0v) is 19.9. The van der Waals surface area contributed by atoms with E-state index in [0.717, 1.165) is 23.8 Å². The highest BCUT2D eigenvalue weighted by molar-refractivity contribution is 7.73. The number of hydrogen-bond acceptors (Lipinski definition) is 10. The summed E-state index contributed by atoms with van der Waals surface area (Å²) in [5.74, 6) is -3.13. The largest absolute Gasteiger partial charge is 0.479 e. The first-order valence-corrected chi connectivity index (χ1v) is 14.3. The number of rotatable bonds is 10. The SMILES string of the molecule is CC[C@H]1[C@@H](OC(C)=O)[C@H](n2ccc(=O)[nH]c2=O)O[C@@H]1COP(=O)(O)OP(=O)(O)CP(=O)(O)O. The fraction of sp³-hybridized carbons (Fsp3) is 0.643. The number of aromatic nitrogens is 2. The second-order valence-electron chi connectivity index (χ2n) is 7.02. The number of esters is 1. The van der Waals surface area contributed by atoms with Gasteiger partial charge in [0.1, 0.15) is 0 Å². The smallest absolute Gasteiger partial charge is 0.457 e. The van der Waals surface area contributed by atoms with E-state index in [1.807, 2.05) is 4.98 Å². The maximum Gasteiger partial charge on any atom is 0.479 e. The third-order valence-corrected chi connectivity index (χ3v) is 9.61. The number of nitrogens with zero attached hydrogens (tertiary/aromatic N) is 1. The van der Waals surface area contributed by atoms with Crippen molar-refractivity contribution in [3.8, 4) is 0 Å². The number of ether oxygens (including phenoxy) is 2. The maximum absolute atomic E-state index is 12.2. The molecule has 1 fully saturated rings. The minimum Gasteiger partial charge on any atom is -0.457 e. The quantitative estimate of drug-likeness (QED) is 0.193. The molecule has 2 heterocycles. The van der Waals surface area contributed by atoms with Crippen LogP contribution in [-0.2, 0) is 36.8 Å². The van der Waals surface area contributed by atoms with E-state index in [2.05, 4.69) is 8.83 Å².